The van der Waals surface area contributed by atoms with Crippen LogP contribution in [0.3, 0.4) is 0 Å². The average Bonchev–Trinajstić information content (AvgIpc) is 2.52. The Morgan fingerprint density at radius 2 is 1.43 bits per heavy atom. The van der Waals surface area contributed by atoms with Gasteiger partial charge in [0, 0.05) is 12.6 Å². The minimum absolute atomic E-state index is 0.103. The van der Waals surface area contributed by atoms with Crippen LogP contribution in [0, 0.1) is 0 Å². The van der Waals surface area contributed by atoms with Crippen molar-refractivity contribution >= 4 is 5.91 Å². The van der Waals surface area contributed by atoms with Gasteiger partial charge in [0.15, 0.2) is 0 Å². The maximum absolute atomic E-state index is 12.2. The van der Waals surface area contributed by atoms with Crippen LogP contribution in [0.15, 0.2) is 60.7 Å². The fourth-order valence-corrected chi connectivity index (χ4v) is 2.77. The number of nitrogens with one attached hydrogen (secondary N) is 2. The first kappa shape index (κ1) is 13.8. The number of benzene rings is 2. The fourth-order valence-electron chi connectivity index (χ4n) is 2.77. The van der Waals surface area contributed by atoms with Crippen LogP contribution in [0.4, 0.5) is 0 Å². The Morgan fingerprint density at radius 3 is 2.00 bits per heavy atom. The molecule has 0 bridgehead atoms. The van der Waals surface area contributed by atoms with E-state index >= 15 is 0 Å². The van der Waals surface area contributed by atoms with E-state index in [2.05, 4.69) is 34.9 Å². The van der Waals surface area contributed by atoms with E-state index < -0.39 is 0 Å². The highest BCUT2D eigenvalue weighted by molar-refractivity contribution is 5.83. The number of carbonyl (C=O) groups excluding carboxylic acids is 1. The molecule has 108 valence electrons. The highest BCUT2D eigenvalue weighted by Crippen LogP contribution is 2.09. The Bertz CT molecular complexity index is 583. The van der Waals surface area contributed by atoms with Crippen molar-refractivity contribution in [2.45, 2.75) is 24.9 Å². The van der Waals surface area contributed by atoms with Gasteiger partial charge in [-0.25, -0.2) is 0 Å². The van der Waals surface area contributed by atoms with Crippen LogP contribution in [0.2, 0.25) is 0 Å². The van der Waals surface area contributed by atoms with E-state index in [9.17, 15) is 4.79 Å². The second-order valence-corrected chi connectivity index (χ2v) is 5.55. The largest absolute Gasteiger partial charge is 0.350 e. The molecule has 2 aromatic rings. The maximum Gasteiger partial charge on any atom is 0.237 e. The Labute approximate surface area is 125 Å². The van der Waals surface area contributed by atoms with Gasteiger partial charge in [0.1, 0.15) is 0 Å². The van der Waals surface area contributed by atoms with Crippen molar-refractivity contribution in [3.63, 3.8) is 0 Å². The lowest BCUT2D eigenvalue weighted by molar-refractivity contribution is -0.125. The molecule has 0 radical (unpaired) electrons. The third-order valence-corrected chi connectivity index (χ3v) is 3.88. The molecule has 2 aromatic carbocycles. The number of carbonyl (C=O) groups is 1. The predicted octanol–water partition coefficient (Wildman–Crippen LogP) is 1.93. The number of rotatable bonds is 4. The van der Waals surface area contributed by atoms with Gasteiger partial charge in [-0.05, 0) is 24.0 Å². The monoisotopic (exact) mass is 280 g/mol. The summed E-state index contributed by atoms with van der Waals surface area (Å²) >= 11 is 0. The molecule has 1 saturated heterocycles. The Balaban J connectivity index is 1.56. The zero-order valence-corrected chi connectivity index (χ0v) is 12.0. The molecule has 3 rings (SSSR count). The first-order valence-electron chi connectivity index (χ1n) is 7.43. The highest BCUT2D eigenvalue weighted by Gasteiger charge is 2.27. The molecule has 1 aliphatic heterocycles. The van der Waals surface area contributed by atoms with E-state index in [1.165, 1.54) is 11.1 Å². The van der Waals surface area contributed by atoms with Gasteiger partial charge in [0.2, 0.25) is 5.91 Å². The third kappa shape index (κ3) is 3.70. The SMILES string of the molecule is O=C1NC(Cc2ccccc2)CNC1Cc1ccccc1. The molecule has 3 nitrogen and oxygen atoms in total. The second-order valence-electron chi connectivity index (χ2n) is 5.55. The summed E-state index contributed by atoms with van der Waals surface area (Å²) in [5, 5.41) is 6.51. The Morgan fingerprint density at radius 1 is 0.857 bits per heavy atom. The molecule has 1 amide bonds. The van der Waals surface area contributed by atoms with Gasteiger partial charge in [-0.15, -0.1) is 0 Å². The minimum atomic E-state index is -0.126. The fraction of sp³-hybridized carbons (Fsp3) is 0.278. The molecule has 2 atom stereocenters. The van der Waals surface area contributed by atoms with Crippen molar-refractivity contribution in [3.8, 4) is 0 Å². The van der Waals surface area contributed by atoms with Crippen LogP contribution in [-0.2, 0) is 17.6 Å². The van der Waals surface area contributed by atoms with Crippen LogP contribution < -0.4 is 10.6 Å². The summed E-state index contributed by atoms with van der Waals surface area (Å²) in [6.45, 7) is 0.818. The molecule has 0 aliphatic carbocycles. The molecule has 21 heavy (non-hydrogen) atoms. The molecule has 1 aliphatic rings. The molecule has 0 saturated carbocycles. The van der Waals surface area contributed by atoms with Crippen LogP contribution in [0.25, 0.3) is 0 Å². The first-order valence-corrected chi connectivity index (χ1v) is 7.43. The van der Waals surface area contributed by atoms with E-state index in [0.29, 0.717) is 0 Å². The molecule has 0 aromatic heterocycles. The Hall–Kier alpha value is -2.13. The van der Waals surface area contributed by atoms with Crippen LogP contribution >= 0.6 is 0 Å². The van der Waals surface area contributed by atoms with Gasteiger partial charge < -0.3 is 10.6 Å². The highest BCUT2D eigenvalue weighted by atomic mass is 16.2. The summed E-state index contributed by atoms with van der Waals surface area (Å²) in [5.74, 6) is 0.103. The topological polar surface area (TPSA) is 41.1 Å². The summed E-state index contributed by atoms with van der Waals surface area (Å²) in [6, 6.07) is 20.5. The molecule has 2 N–H and O–H groups in total. The lowest BCUT2D eigenvalue weighted by Crippen LogP contribution is -2.59. The number of hydrogen-bond acceptors (Lipinski definition) is 2. The standard InChI is InChI=1S/C18H20N2O/c21-18-17(12-15-9-5-2-6-10-15)19-13-16(20-18)11-14-7-3-1-4-8-14/h1-10,16-17,19H,11-13H2,(H,20,21). The van der Waals surface area contributed by atoms with Crippen molar-refractivity contribution in [1.29, 1.82) is 0 Å². The molecule has 1 fully saturated rings. The molecule has 1 heterocycles. The number of amides is 1. The summed E-state index contributed by atoms with van der Waals surface area (Å²) in [6.07, 6.45) is 1.61. The maximum atomic E-state index is 12.2. The van der Waals surface area contributed by atoms with Crippen LogP contribution in [0.1, 0.15) is 11.1 Å². The van der Waals surface area contributed by atoms with E-state index in [1.54, 1.807) is 0 Å². The van der Waals surface area contributed by atoms with Gasteiger partial charge in [0.25, 0.3) is 0 Å². The smallest absolute Gasteiger partial charge is 0.237 e. The van der Waals surface area contributed by atoms with Crippen molar-refractivity contribution in [2.24, 2.45) is 0 Å². The number of hydrogen-bond donors (Lipinski definition) is 2. The zero-order valence-electron chi connectivity index (χ0n) is 12.0. The van der Waals surface area contributed by atoms with E-state index in [-0.39, 0.29) is 18.0 Å². The van der Waals surface area contributed by atoms with Gasteiger partial charge >= 0.3 is 0 Å². The normalized spacial score (nSPS) is 21.8. The van der Waals surface area contributed by atoms with E-state index in [1.807, 2.05) is 36.4 Å². The summed E-state index contributed by atoms with van der Waals surface area (Å²) in [5.41, 5.74) is 2.44. The van der Waals surface area contributed by atoms with Crippen molar-refractivity contribution in [2.75, 3.05) is 6.54 Å². The average molecular weight is 280 g/mol. The number of piperazine rings is 1. The van der Waals surface area contributed by atoms with E-state index in [0.717, 1.165) is 19.4 Å². The first-order chi connectivity index (χ1) is 10.3. The molecule has 3 heteroatoms. The van der Waals surface area contributed by atoms with Gasteiger partial charge in [0.05, 0.1) is 6.04 Å². The molecule has 0 spiro atoms. The van der Waals surface area contributed by atoms with Gasteiger partial charge in [-0.2, -0.15) is 0 Å². The van der Waals surface area contributed by atoms with Crippen molar-refractivity contribution < 1.29 is 4.79 Å². The predicted molar refractivity (Wildman–Crippen MR) is 84.0 cm³/mol. The molecular weight excluding hydrogens is 260 g/mol. The third-order valence-electron chi connectivity index (χ3n) is 3.88. The summed E-state index contributed by atoms with van der Waals surface area (Å²) in [7, 11) is 0. The molecular formula is C18H20N2O. The minimum Gasteiger partial charge on any atom is -0.350 e. The van der Waals surface area contributed by atoms with E-state index in [4.69, 9.17) is 0 Å². The van der Waals surface area contributed by atoms with Gasteiger partial charge in [-0.3, -0.25) is 4.79 Å². The quantitative estimate of drug-likeness (QED) is 0.898. The van der Waals surface area contributed by atoms with Gasteiger partial charge in [-0.1, -0.05) is 60.7 Å². The van der Waals surface area contributed by atoms with Crippen molar-refractivity contribution in [3.05, 3.63) is 71.8 Å². The van der Waals surface area contributed by atoms with Crippen molar-refractivity contribution in [1.82, 2.24) is 10.6 Å². The zero-order chi connectivity index (χ0) is 14.5. The molecule has 2 unspecified atom stereocenters. The Kier molecular flexibility index (Phi) is 4.31. The second kappa shape index (κ2) is 6.55. The van der Waals surface area contributed by atoms with Crippen LogP contribution in [0.5, 0.6) is 0 Å². The van der Waals surface area contributed by atoms with Crippen LogP contribution in [-0.4, -0.2) is 24.5 Å². The lowest BCUT2D eigenvalue weighted by atomic mass is 9.99. The summed E-state index contributed by atoms with van der Waals surface area (Å²) < 4.78 is 0. The summed E-state index contributed by atoms with van der Waals surface area (Å²) in [4.78, 5) is 12.2. The lowest BCUT2D eigenvalue weighted by Gasteiger charge is -2.30.